The topological polar surface area (TPSA) is 92.9 Å². The first-order valence-electron chi connectivity index (χ1n) is 5.36. The lowest BCUT2D eigenvalue weighted by Crippen LogP contribution is -2.30. The monoisotopic (exact) mass is 221 g/mol. The van der Waals surface area contributed by atoms with Gasteiger partial charge in [-0.25, -0.2) is 4.98 Å². The summed E-state index contributed by atoms with van der Waals surface area (Å²) < 4.78 is 0. The van der Waals surface area contributed by atoms with Gasteiger partial charge in [-0.1, -0.05) is 0 Å². The first-order chi connectivity index (χ1) is 7.75. The van der Waals surface area contributed by atoms with Crippen molar-refractivity contribution in [2.75, 3.05) is 24.1 Å². The van der Waals surface area contributed by atoms with Gasteiger partial charge in [-0.2, -0.15) is 4.98 Å². The number of carbonyl (C=O) groups is 1. The normalized spacial score (nSPS) is 14.5. The molecule has 0 saturated heterocycles. The van der Waals surface area contributed by atoms with Crippen LogP contribution < -0.4 is 16.4 Å². The standard InChI is InChI=1S/C10H15N5O/c11-8-3-4-13-10(15-8)14-6-5-12-9(16)7-1-2-7/h3-4,7H,1-2,5-6H2,(H,12,16)(H3,11,13,14,15). The summed E-state index contributed by atoms with van der Waals surface area (Å²) in [4.78, 5) is 19.2. The molecule has 1 aromatic rings. The minimum Gasteiger partial charge on any atom is -0.384 e. The van der Waals surface area contributed by atoms with Gasteiger partial charge in [0, 0.05) is 25.2 Å². The smallest absolute Gasteiger partial charge is 0.224 e. The maximum absolute atomic E-state index is 11.3. The second-order valence-electron chi connectivity index (χ2n) is 3.80. The molecule has 1 heterocycles. The zero-order valence-electron chi connectivity index (χ0n) is 8.94. The largest absolute Gasteiger partial charge is 0.384 e. The molecule has 0 radical (unpaired) electrons. The van der Waals surface area contributed by atoms with E-state index in [1.807, 2.05) is 0 Å². The van der Waals surface area contributed by atoms with Gasteiger partial charge in [0.2, 0.25) is 11.9 Å². The van der Waals surface area contributed by atoms with Crippen molar-refractivity contribution >= 4 is 17.7 Å². The zero-order valence-corrected chi connectivity index (χ0v) is 8.94. The molecule has 0 aromatic carbocycles. The van der Waals surface area contributed by atoms with Crippen LogP contribution in [0.15, 0.2) is 12.3 Å². The minimum atomic E-state index is 0.148. The van der Waals surface area contributed by atoms with Gasteiger partial charge in [0.15, 0.2) is 0 Å². The van der Waals surface area contributed by atoms with E-state index in [2.05, 4.69) is 20.6 Å². The van der Waals surface area contributed by atoms with Crippen LogP contribution in [0, 0.1) is 5.92 Å². The van der Waals surface area contributed by atoms with Crippen molar-refractivity contribution in [3.8, 4) is 0 Å². The van der Waals surface area contributed by atoms with Crippen LogP contribution in [0.25, 0.3) is 0 Å². The fourth-order valence-electron chi connectivity index (χ4n) is 1.31. The molecule has 6 heteroatoms. The van der Waals surface area contributed by atoms with Gasteiger partial charge in [-0.3, -0.25) is 4.79 Å². The molecule has 0 spiro atoms. The fraction of sp³-hybridized carbons (Fsp3) is 0.500. The third kappa shape index (κ3) is 3.08. The van der Waals surface area contributed by atoms with Crippen LogP contribution in [0.1, 0.15) is 12.8 Å². The van der Waals surface area contributed by atoms with Crippen LogP contribution in [0.5, 0.6) is 0 Å². The summed E-state index contributed by atoms with van der Waals surface area (Å²) in [6, 6.07) is 1.63. The molecular weight excluding hydrogens is 206 g/mol. The predicted octanol–water partition coefficient (Wildman–Crippen LogP) is -0.00310. The Balaban J connectivity index is 1.65. The SMILES string of the molecule is Nc1ccnc(NCCNC(=O)C2CC2)n1. The molecule has 1 aliphatic carbocycles. The Morgan fingerprint density at radius 3 is 3.00 bits per heavy atom. The summed E-state index contributed by atoms with van der Waals surface area (Å²) in [7, 11) is 0. The van der Waals surface area contributed by atoms with E-state index in [0.717, 1.165) is 12.8 Å². The lowest BCUT2D eigenvalue weighted by Gasteiger charge is -2.06. The Morgan fingerprint density at radius 1 is 1.50 bits per heavy atom. The Hall–Kier alpha value is -1.85. The molecule has 16 heavy (non-hydrogen) atoms. The van der Waals surface area contributed by atoms with E-state index in [0.29, 0.717) is 24.9 Å². The molecule has 4 N–H and O–H groups in total. The van der Waals surface area contributed by atoms with Gasteiger partial charge in [0.1, 0.15) is 5.82 Å². The quantitative estimate of drug-likeness (QED) is 0.608. The second-order valence-corrected chi connectivity index (χ2v) is 3.80. The van der Waals surface area contributed by atoms with Crippen molar-refractivity contribution in [1.29, 1.82) is 0 Å². The van der Waals surface area contributed by atoms with Crippen LogP contribution in [0.2, 0.25) is 0 Å². The molecule has 6 nitrogen and oxygen atoms in total. The molecule has 1 aliphatic rings. The number of rotatable bonds is 5. The van der Waals surface area contributed by atoms with Crippen molar-refractivity contribution in [3.63, 3.8) is 0 Å². The van der Waals surface area contributed by atoms with Gasteiger partial charge < -0.3 is 16.4 Å². The van der Waals surface area contributed by atoms with Crippen LogP contribution in [0.4, 0.5) is 11.8 Å². The fourth-order valence-corrected chi connectivity index (χ4v) is 1.31. The van der Waals surface area contributed by atoms with Crippen molar-refractivity contribution in [3.05, 3.63) is 12.3 Å². The highest BCUT2D eigenvalue weighted by Crippen LogP contribution is 2.28. The van der Waals surface area contributed by atoms with E-state index in [9.17, 15) is 4.79 Å². The first kappa shape index (κ1) is 10.7. The summed E-state index contributed by atoms with van der Waals surface area (Å²) in [5, 5.41) is 5.82. The Kier molecular flexibility index (Phi) is 3.19. The molecule has 2 rings (SSSR count). The molecule has 0 bridgehead atoms. The first-order valence-corrected chi connectivity index (χ1v) is 5.36. The molecule has 1 fully saturated rings. The number of hydrogen-bond acceptors (Lipinski definition) is 5. The zero-order chi connectivity index (χ0) is 11.4. The van der Waals surface area contributed by atoms with Crippen LogP contribution in [-0.2, 0) is 4.79 Å². The number of nitrogens with one attached hydrogen (secondary N) is 2. The van der Waals surface area contributed by atoms with Crippen LogP contribution >= 0.6 is 0 Å². The van der Waals surface area contributed by atoms with Crippen molar-refractivity contribution in [1.82, 2.24) is 15.3 Å². The lowest BCUT2D eigenvalue weighted by molar-refractivity contribution is -0.122. The molecule has 1 aromatic heterocycles. The lowest BCUT2D eigenvalue weighted by atomic mass is 10.4. The minimum absolute atomic E-state index is 0.148. The number of nitrogens with two attached hydrogens (primary N) is 1. The number of aromatic nitrogens is 2. The molecule has 1 saturated carbocycles. The van der Waals surface area contributed by atoms with Gasteiger partial charge in [-0.05, 0) is 18.9 Å². The summed E-state index contributed by atoms with van der Waals surface area (Å²) >= 11 is 0. The van der Waals surface area contributed by atoms with Crippen molar-refractivity contribution < 1.29 is 4.79 Å². The van der Waals surface area contributed by atoms with Crippen LogP contribution in [-0.4, -0.2) is 29.0 Å². The summed E-state index contributed by atoms with van der Waals surface area (Å²) in [6.45, 7) is 1.18. The van der Waals surface area contributed by atoms with E-state index >= 15 is 0 Å². The second kappa shape index (κ2) is 4.78. The van der Waals surface area contributed by atoms with Gasteiger partial charge in [0.05, 0.1) is 0 Å². The highest BCUT2D eigenvalue weighted by molar-refractivity contribution is 5.80. The summed E-state index contributed by atoms with van der Waals surface area (Å²) in [6.07, 6.45) is 3.64. The molecule has 1 amide bonds. The summed E-state index contributed by atoms with van der Waals surface area (Å²) in [5.74, 6) is 1.32. The highest BCUT2D eigenvalue weighted by Gasteiger charge is 2.28. The van der Waals surface area contributed by atoms with Crippen molar-refractivity contribution in [2.24, 2.45) is 5.92 Å². The molecule has 0 aliphatic heterocycles. The maximum Gasteiger partial charge on any atom is 0.224 e. The van der Waals surface area contributed by atoms with Gasteiger partial charge in [-0.15, -0.1) is 0 Å². The molecule has 0 atom stereocenters. The predicted molar refractivity (Wildman–Crippen MR) is 60.7 cm³/mol. The van der Waals surface area contributed by atoms with Crippen molar-refractivity contribution in [2.45, 2.75) is 12.8 Å². The molecule has 0 unspecified atom stereocenters. The number of amides is 1. The van der Waals surface area contributed by atoms with E-state index in [1.165, 1.54) is 0 Å². The molecular formula is C10H15N5O. The number of anilines is 2. The Labute approximate surface area is 93.7 Å². The highest BCUT2D eigenvalue weighted by atomic mass is 16.2. The summed E-state index contributed by atoms with van der Waals surface area (Å²) in [5.41, 5.74) is 5.50. The third-order valence-electron chi connectivity index (χ3n) is 2.33. The van der Waals surface area contributed by atoms with Gasteiger partial charge in [0.25, 0.3) is 0 Å². The van der Waals surface area contributed by atoms with E-state index in [1.54, 1.807) is 12.3 Å². The average molecular weight is 221 g/mol. The average Bonchev–Trinajstić information content (AvgIpc) is 3.08. The number of carbonyl (C=O) groups excluding carboxylic acids is 1. The van der Waals surface area contributed by atoms with Gasteiger partial charge >= 0.3 is 0 Å². The number of nitrogens with zero attached hydrogens (tertiary/aromatic N) is 2. The Morgan fingerprint density at radius 2 is 2.31 bits per heavy atom. The Bertz CT molecular complexity index is 377. The third-order valence-corrected chi connectivity index (χ3v) is 2.33. The van der Waals surface area contributed by atoms with Crippen LogP contribution in [0.3, 0.4) is 0 Å². The van der Waals surface area contributed by atoms with E-state index in [-0.39, 0.29) is 11.8 Å². The van der Waals surface area contributed by atoms with E-state index in [4.69, 9.17) is 5.73 Å². The van der Waals surface area contributed by atoms with E-state index < -0.39 is 0 Å². The maximum atomic E-state index is 11.3. The molecule has 86 valence electrons. The number of hydrogen-bond donors (Lipinski definition) is 3. The number of nitrogen functional groups attached to an aromatic ring is 1.